The molecule has 1 aromatic carbocycles. The molecular weight excluding hydrogens is 424 g/mol. The highest BCUT2D eigenvalue weighted by Gasteiger charge is 2.54. The number of rotatable bonds is 6. The van der Waals surface area contributed by atoms with E-state index in [1.54, 1.807) is 0 Å². The Morgan fingerprint density at radius 1 is 1.19 bits per heavy atom. The van der Waals surface area contributed by atoms with Gasteiger partial charge >= 0.3 is 10.3 Å². The first-order valence-corrected chi connectivity index (χ1v) is 13.5. The highest BCUT2D eigenvalue weighted by atomic mass is 32.2. The lowest BCUT2D eigenvalue weighted by Crippen LogP contribution is -2.42. The lowest BCUT2D eigenvalue weighted by Gasteiger charge is -2.51. The van der Waals surface area contributed by atoms with E-state index in [9.17, 15) is 8.42 Å². The van der Waals surface area contributed by atoms with Gasteiger partial charge in [-0.1, -0.05) is 19.9 Å². The van der Waals surface area contributed by atoms with Gasteiger partial charge in [0.1, 0.15) is 18.4 Å². The minimum absolute atomic E-state index is 0.405. The maximum atomic E-state index is 11.5. The smallest absolute Gasteiger partial charge is 0.371 e. The number of fused-ring (bicyclic) bond motifs is 5. The van der Waals surface area contributed by atoms with Crippen LogP contribution < -0.4 is 9.32 Å². The van der Waals surface area contributed by atoms with Crippen molar-refractivity contribution in [1.29, 1.82) is 0 Å². The van der Waals surface area contributed by atoms with Gasteiger partial charge in [-0.05, 0) is 103 Å². The number of hydrogen-bond acceptors (Lipinski definition) is 5. The average molecular weight is 459 g/mol. The Hall–Kier alpha value is -1.93. The average Bonchev–Trinajstić information content (AvgIpc) is 3.37. The van der Waals surface area contributed by atoms with Crippen molar-refractivity contribution in [1.82, 2.24) is 14.8 Å². The van der Waals surface area contributed by atoms with Crippen molar-refractivity contribution in [3.63, 3.8) is 0 Å². The Bertz CT molecular complexity index is 1080. The molecule has 2 fully saturated rings. The molecule has 5 atom stereocenters. The number of nitrogens with two attached hydrogens (primary N) is 1. The summed E-state index contributed by atoms with van der Waals surface area (Å²) in [6.45, 7) is 5.59. The number of aryl methyl sites for hydroxylation is 3. The van der Waals surface area contributed by atoms with Crippen LogP contribution in [0.15, 0.2) is 24.8 Å². The molecule has 2 N–H and O–H groups in total. The monoisotopic (exact) mass is 458 g/mol. The number of nitrogens with zero attached hydrogens (tertiary/aromatic N) is 3. The van der Waals surface area contributed by atoms with Crippen molar-refractivity contribution in [2.24, 2.45) is 28.3 Å². The van der Waals surface area contributed by atoms with Crippen LogP contribution in [0.2, 0.25) is 0 Å². The largest absolute Gasteiger partial charge is 0.380 e. The van der Waals surface area contributed by atoms with Gasteiger partial charge in [0.15, 0.2) is 0 Å². The van der Waals surface area contributed by atoms with Crippen molar-refractivity contribution in [3.8, 4) is 5.75 Å². The van der Waals surface area contributed by atoms with E-state index in [2.05, 4.69) is 27.8 Å². The van der Waals surface area contributed by atoms with Gasteiger partial charge in [0.2, 0.25) is 0 Å². The first-order valence-electron chi connectivity index (χ1n) is 12.0. The van der Waals surface area contributed by atoms with Crippen molar-refractivity contribution >= 4 is 10.3 Å². The maximum absolute atomic E-state index is 11.5. The van der Waals surface area contributed by atoms with Crippen LogP contribution in [-0.4, -0.2) is 23.2 Å². The molecule has 5 rings (SSSR count). The third-order valence-electron chi connectivity index (χ3n) is 8.89. The molecule has 3 aliphatic rings. The molecule has 0 radical (unpaired) electrons. The van der Waals surface area contributed by atoms with E-state index < -0.39 is 10.3 Å². The van der Waals surface area contributed by atoms with Crippen molar-refractivity contribution < 1.29 is 12.6 Å². The van der Waals surface area contributed by atoms with E-state index in [-0.39, 0.29) is 0 Å². The summed E-state index contributed by atoms with van der Waals surface area (Å²) in [6, 6.07) is 4.16. The zero-order valence-corrected chi connectivity index (χ0v) is 19.9. The molecule has 2 aromatic rings. The number of aromatic nitrogens is 3. The van der Waals surface area contributed by atoms with Crippen LogP contribution in [0.4, 0.5) is 0 Å². The maximum Gasteiger partial charge on any atom is 0.380 e. The predicted molar refractivity (Wildman–Crippen MR) is 122 cm³/mol. The normalized spacial score (nSPS) is 31.6. The summed E-state index contributed by atoms with van der Waals surface area (Å²) in [4.78, 5) is 0. The fourth-order valence-corrected chi connectivity index (χ4v) is 7.76. The summed E-state index contributed by atoms with van der Waals surface area (Å²) in [5.41, 5.74) is 4.02. The number of benzene rings is 1. The lowest BCUT2D eigenvalue weighted by molar-refractivity contribution is 0.0246. The lowest BCUT2D eigenvalue weighted by atomic mass is 9.54. The summed E-state index contributed by atoms with van der Waals surface area (Å²) >= 11 is 0. The van der Waals surface area contributed by atoms with Crippen molar-refractivity contribution in [3.05, 3.63) is 41.5 Å². The van der Waals surface area contributed by atoms with Gasteiger partial charge in [-0.25, -0.2) is 0 Å². The summed E-state index contributed by atoms with van der Waals surface area (Å²) in [5.74, 6) is 3.22. The van der Waals surface area contributed by atoms with Gasteiger partial charge in [-0.3, -0.25) is 0 Å². The second-order valence-corrected chi connectivity index (χ2v) is 11.5. The van der Waals surface area contributed by atoms with Gasteiger partial charge in [-0.15, -0.1) is 10.2 Å². The minimum Gasteiger partial charge on any atom is -0.371 e. The van der Waals surface area contributed by atoms with Crippen LogP contribution in [0.3, 0.4) is 0 Å². The van der Waals surface area contributed by atoms with Gasteiger partial charge in [-0.2, -0.15) is 13.6 Å². The Kier molecular flexibility index (Phi) is 5.56. The standard InChI is InChI=1S/C24H34N4O3S/c1-3-16-12-21-17(13-23(16)31-32(25,29)30)4-6-20-19(21)8-10-24(2)18(5-7-22(20)24)9-11-28-14-26-27-15-28/h12-15,18-20,22H,3-11H2,1-2H3,(H2,25,29,30)/t18-,19?,20?,22?,24-/m1/s1. The van der Waals surface area contributed by atoms with Crippen LogP contribution in [0, 0.1) is 23.2 Å². The first-order chi connectivity index (χ1) is 15.3. The molecule has 32 heavy (non-hydrogen) atoms. The quantitative estimate of drug-likeness (QED) is 0.706. The molecule has 0 aliphatic heterocycles. The molecule has 1 aromatic heterocycles. The third kappa shape index (κ3) is 3.85. The summed E-state index contributed by atoms with van der Waals surface area (Å²) in [5, 5.41) is 13.0. The molecule has 2 saturated carbocycles. The molecular formula is C24H34N4O3S. The van der Waals surface area contributed by atoms with E-state index in [1.807, 2.05) is 25.6 Å². The highest BCUT2D eigenvalue weighted by Crippen LogP contribution is 2.63. The molecule has 7 nitrogen and oxygen atoms in total. The topological polar surface area (TPSA) is 100 Å². The van der Waals surface area contributed by atoms with Gasteiger partial charge in [0, 0.05) is 6.54 Å². The third-order valence-corrected chi connectivity index (χ3v) is 9.30. The molecule has 1 heterocycles. The van der Waals surface area contributed by atoms with E-state index in [0.717, 1.165) is 42.7 Å². The second kappa shape index (κ2) is 8.13. The molecule has 0 spiro atoms. The Morgan fingerprint density at radius 2 is 1.97 bits per heavy atom. The van der Waals surface area contributed by atoms with Crippen molar-refractivity contribution in [2.75, 3.05) is 0 Å². The highest BCUT2D eigenvalue weighted by molar-refractivity contribution is 7.84. The summed E-state index contributed by atoms with van der Waals surface area (Å²) in [6.07, 6.45) is 12.9. The van der Waals surface area contributed by atoms with E-state index in [1.165, 1.54) is 49.7 Å². The zero-order valence-electron chi connectivity index (χ0n) is 19.0. The number of hydrogen-bond donors (Lipinski definition) is 1. The fraction of sp³-hybridized carbons (Fsp3) is 0.667. The van der Waals surface area contributed by atoms with Crippen LogP contribution >= 0.6 is 0 Å². The Balaban J connectivity index is 1.38. The first kappa shape index (κ1) is 21.9. The molecule has 0 amide bonds. The predicted octanol–water partition coefficient (Wildman–Crippen LogP) is 3.99. The van der Waals surface area contributed by atoms with Crippen molar-refractivity contribution in [2.45, 2.75) is 77.7 Å². The Morgan fingerprint density at radius 3 is 2.69 bits per heavy atom. The molecule has 3 aliphatic carbocycles. The minimum atomic E-state index is -4.02. The van der Waals surface area contributed by atoms with Crippen LogP contribution in [0.1, 0.15) is 75.0 Å². The summed E-state index contributed by atoms with van der Waals surface area (Å²) < 4.78 is 30.3. The SMILES string of the molecule is CCc1cc2c(cc1OS(N)(=O)=O)CCC1C2CC[C@@]2(C)C1CC[C@@H]2CCn1cnnc1. The zero-order chi connectivity index (χ0) is 22.5. The summed E-state index contributed by atoms with van der Waals surface area (Å²) in [7, 11) is -4.02. The molecule has 3 unspecified atom stereocenters. The van der Waals surface area contributed by atoms with E-state index >= 15 is 0 Å². The van der Waals surface area contributed by atoms with Crippen LogP contribution in [0.25, 0.3) is 0 Å². The van der Waals surface area contributed by atoms with E-state index in [0.29, 0.717) is 17.1 Å². The van der Waals surface area contributed by atoms with Crippen LogP contribution in [-0.2, 0) is 29.7 Å². The van der Waals surface area contributed by atoms with E-state index in [4.69, 9.17) is 9.32 Å². The second-order valence-electron chi connectivity index (χ2n) is 10.3. The molecule has 174 valence electrons. The Labute approximate surface area is 191 Å². The fourth-order valence-electron chi connectivity index (χ4n) is 7.35. The van der Waals surface area contributed by atoms with Gasteiger partial charge < -0.3 is 8.75 Å². The molecule has 0 saturated heterocycles. The van der Waals surface area contributed by atoms with Crippen LogP contribution in [0.5, 0.6) is 5.75 Å². The molecule has 8 heteroatoms. The molecule has 0 bridgehead atoms. The van der Waals surface area contributed by atoms with Gasteiger partial charge in [0.05, 0.1) is 0 Å². The van der Waals surface area contributed by atoms with Gasteiger partial charge in [0.25, 0.3) is 0 Å².